The molecule has 0 heterocycles. The summed E-state index contributed by atoms with van der Waals surface area (Å²) in [7, 11) is 1.41. The predicted molar refractivity (Wildman–Crippen MR) is 72.2 cm³/mol. The maximum atomic E-state index is 13.0. The first-order valence-electron chi connectivity index (χ1n) is 6.00. The van der Waals surface area contributed by atoms with Crippen molar-refractivity contribution >= 4 is 5.91 Å². The van der Waals surface area contributed by atoms with E-state index in [2.05, 4.69) is 5.32 Å². The summed E-state index contributed by atoms with van der Waals surface area (Å²) >= 11 is 0. The van der Waals surface area contributed by atoms with Crippen LogP contribution in [0.2, 0.25) is 0 Å². The molecule has 2 aromatic carbocycles. The molecule has 1 amide bonds. The van der Waals surface area contributed by atoms with Crippen LogP contribution in [0.3, 0.4) is 0 Å². The summed E-state index contributed by atoms with van der Waals surface area (Å²) in [6.07, 6.45) is 0. The molecule has 0 aliphatic carbocycles. The second-order valence-corrected chi connectivity index (χ2v) is 4.17. The van der Waals surface area contributed by atoms with Crippen LogP contribution in [0.5, 0.6) is 11.5 Å². The number of para-hydroxylation sites is 1. The zero-order chi connectivity index (χ0) is 14.5. The third kappa shape index (κ3) is 3.06. The van der Waals surface area contributed by atoms with Crippen LogP contribution >= 0.6 is 0 Å². The van der Waals surface area contributed by atoms with Gasteiger partial charge in [-0.25, -0.2) is 4.39 Å². The molecular weight excluding hydrogens is 261 g/mol. The molecule has 0 radical (unpaired) electrons. The molecule has 5 heteroatoms. The van der Waals surface area contributed by atoms with Crippen molar-refractivity contribution < 1.29 is 19.0 Å². The SMILES string of the molecule is COc1cccc(C(=O)NCc2cccc(F)c2)c1O. The topological polar surface area (TPSA) is 58.6 Å². The summed E-state index contributed by atoms with van der Waals surface area (Å²) in [5.41, 5.74) is 0.751. The van der Waals surface area contributed by atoms with Crippen molar-refractivity contribution in [1.82, 2.24) is 5.32 Å². The molecule has 0 fully saturated rings. The Labute approximate surface area is 115 Å². The number of phenols is 1. The number of methoxy groups -OCH3 is 1. The average Bonchev–Trinajstić information content (AvgIpc) is 2.45. The lowest BCUT2D eigenvalue weighted by atomic mass is 10.1. The number of carbonyl (C=O) groups is 1. The van der Waals surface area contributed by atoms with Gasteiger partial charge in [-0.2, -0.15) is 0 Å². The molecule has 0 bridgehead atoms. The third-order valence-corrected chi connectivity index (χ3v) is 2.81. The van der Waals surface area contributed by atoms with E-state index >= 15 is 0 Å². The maximum Gasteiger partial charge on any atom is 0.255 e. The van der Waals surface area contributed by atoms with E-state index in [0.717, 1.165) is 0 Å². The van der Waals surface area contributed by atoms with E-state index in [9.17, 15) is 14.3 Å². The van der Waals surface area contributed by atoms with Gasteiger partial charge in [0.15, 0.2) is 11.5 Å². The minimum Gasteiger partial charge on any atom is -0.504 e. The summed E-state index contributed by atoms with van der Waals surface area (Å²) < 4.78 is 17.9. The Morgan fingerprint density at radius 3 is 2.75 bits per heavy atom. The fraction of sp³-hybridized carbons (Fsp3) is 0.133. The van der Waals surface area contributed by atoms with E-state index in [-0.39, 0.29) is 29.4 Å². The zero-order valence-electron chi connectivity index (χ0n) is 10.9. The molecule has 0 aliphatic heterocycles. The summed E-state index contributed by atoms with van der Waals surface area (Å²) in [6.45, 7) is 0.174. The third-order valence-electron chi connectivity index (χ3n) is 2.81. The van der Waals surface area contributed by atoms with Gasteiger partial charge in [0.2, 0.25) is 0 Å². The molecule has 0 saturated carbocycles. The van der Waals surface area contributed by atoms with E-state index in [4.69, 9.17) is 4.74 Å². The lowest BCUT2D eigenvalue weighted by Crippen LogP contribution is -2.23. The Hall–Kier alpha value is -2.56. The van der Waals surface area contributed by atoms with Crippen LogP contribution in [-0.2, 0) is 6.54 Å². The first-order chi connectivity index (χ1) is 9.61. The summed E-state index contributed by atoms with van der Waals surface area (Å²) in [6, 6.07) is 10.6. The predicted octanol–water partition coefficient (Wildman–Crippen LogP) is 2.47. The Morgan fingerprint density at radius 1 is 1.30 bits per heavy atom. The normalized spacial score (nSPS) is 10.1. The second kappa shape index (κ2) is 6.06. The van der Waals surface area contributed by atoms with Gasteiger partial charge in [0.25, 0.3) is 5.91 Å². The van der Waals surface area contributed by atoms with Crippen LogP contribution in [0.4, 0.5) is 4.39 Å². The highest BCUT2D eigenvalue weighted by Gasteiger charge is 2.14. The van der Waals surface area contributed by atoms with Gasteiger partial charge >= 0.3 is 0 Å². The number of phenolic OH excluding ortho intramolecular Hbond substituents is 1. The first-order valence-corrected chi connectivity index (χ1v) is 6.00. The van der Waals surface area contributed by atoms with Crippen molar-refractivity contribution in [2.24, 2.45) is 0 Å². The number of benzene rings is 2. The molecular formula is C15H14FNO3. The number of halogens is 1. The van der Waals surface area contributed by atoms with Gasteiger partial charge in [0, 0.05) is 6.54 Å². The van der Waals surface area contributed by atoms with Gasteiger partial charge in [-0.3, -0.25) is 4.79 Å². The second-order valence-electron chi connectivity index (χ2n) is 4.17. The highest BCUT2D eigenvalue weighted by molar-refractivity contribution is 5.97. The van der Waals surface area contributed by atoms with Crippen molar-refractivity contribution in [3.8, 4) is 11.5 Å². The highest BCUT2D eigenvalue weighted by Crippen LogP contribution is 2.29. The van der Waals surface area contributed by atoms with Crippen molar-refractivity contribution in [1.29, 1.82) is 0 Å². The van der Waals surface area contributed by atoms with Crippen LogP contribution in [-0.4, -0.2) is 18.1 Å². The molecule has 104 valence electrons. The molecule has 2 aromatic rings. The number of hydrogen-bond donors (Lipinski definition) is 2. The van der Waals surface area contributed by atoms with Crippen molar-refractivity contribution in [3.05, 3.63) is 59.4 Å². The summed E-state index contributed by atoms with van der Waals surface area (Å²) in [5.74, 6) is -0.804. The molecule has 0 aromatic heterocycles. The minimum absolute atomic E-state index is 0.112. The maximum absolute atomic E-state index is 13.0. The number of carbonyl (C=O) groups excluding carboxylic acids is 1. The Balaban J connectivity index is 2.09. The number of amides is 1. The van der Waals surface area contributed by atoms with Crippen LogP contribution in [0, 0.1) is 5.82 Å². The van der Waals surface area contributed by atoms with Crippen molar-refractivity contribution in [2.75, 3.05) is 7.11 Å². The molecule has 0 aliphatic rings. The van der Waals surface area contributed by atoms with Gasteiger partial charge in [0.1, 0.15) is 5.82 Å². The van der Waals surface area contributed by atoms with Crippen LogP contribution in [0.25, 0.3) is 0 Å². The average molecular weight is 275 g/mol. The first kappa shape index (κ1) is 13.9. The number of rotatable bonds is 4. The quantitative estimate of drug-likeness (QED) is 0.901. The number of aromatic hydroxyl groups is 1. The van der Waals surface area contributed by atoms with Gasteiger partial charge in [0.05, 0.1) is 12.7 Å². The minimum atomic E-state index is -0.453. The van der Waals surface area contributed by atoms with Crippen molar-refractivity contribution in [2.45, 2.75) is 6.54 Å². The van der Waals surface area contributed by atoms with Gasteiger partial charge in [-0.1, -0.05) is 18.2 Å². The Kier molecular flexibility index (Phi) is 4.20. The van der Waals surface area contributed by atoms with Crippen LogP contribution in [0.15, 0.2) is 42.5 Å². The number of nitrogens with one attached hydrogen (secondary N) is 1. The van der Waals surface area contributed by atoms with Gasteiger partial charge < -0.3 is 15.2 Å². The Morgan fingerprint density at radius 2 is 2.05 bits per heavy atom. The van der Waals surface area contributed by atoms with Crippen LogP contribution in [0.1, 0.15) is 15.9 Å². The summed E-state index contributed by atoms with van der Waals surface area (Å²) in [5, 5.41) is 12.5. The van der Waals surface area contributed by atoms with E-state index in [1.807, 2.05) is 0 Å². The standard InChI is InChI=1S/C15H14FNO3/c1-20-13-7-3-6-12(14(13)18)15(19)17-9-10-4-2-5-11(16)8-10/h2-8,18H,9H2,1H3,(H,17,19). The lowest BCUT2D eigenvalue weighted by Gasteiger charge is -2.09. The molecule has 20 heavy (non-hydrogen) atoms. The monoisotopic (exact) mass is 275 g/mol. The number of ether oxygens (including phenoxy) is 1. The van der Waals surface area contributed by atoms with Gasteiger partial charge in [-0.05, 0) is 29.8 Å². The largest absolute Gasteiger partial charge is 0.504 e. The van der Waals surface area contributed by atoms with Crippen LogP contribution < -0.4 is 10.1 Å². The summed E-state index contributed by atoms with van der Waals surface area (Å²) in [4.78, 5) is 12.0. The molecule has 4 nitrogen and oxygen atoms in total. The number of hydrogen-bond acceptors (Lipinski definition) is 3. The zero-order valence-corrected chi connectivity index (χ0v) is 10.9. The fourth-order valence-electron chi connectivity index (χ4n) is 1.79. The van der Waals surface area contributed by atoms with Crippen molar-refractivity contribution in [3.63, 3.8) is 0 Å². The van der Waals surface area contributed by atoms with E-state index in [0.29, 0.717) is 5.56 Å². The molecule has 0 atom stereocenters. The molecule has 0 spiro atoms. The molecule has 2 rings (SSSR count). The molecule has 0 saturated heterocycles. The highest BCUT2D eigenvalue weighted by atomic mass is 19.1. The molecule has 2 N–H and O–H groups in total. The van der Waals surface area contributed by atoms with Gasteiger partial charge in [-0.15, -0.1) is 0 Å². The van der Waals surface area contributed by atoms with E-state index in [1.54, 1.807) is 24.3 Å². The smallest absolute Gasteiger partial charge is 0.255 e. The molecule has 0 unspecified atom stereocenters. The Bertz CT molecular complexity index is 628. The van der Waals surface area contributed by atoms with E-state index < -0.39 is 5.91 Å². The lowest BCUT2D eigenvalue weighted by molar-refractivity contribution is 0.0947. The van der Waals surface area contributed by atoms with E-state index in [1.165, 1.54) is 25.3 Å². The fourth-order valence-corrected chi connectivity index (χ4v) is 1.79.